The molecule has 1 atom stereocenters. The molecule has 2 rings (SSSR count). The summed E-state index contributed by atoms with van der Waals surface area (Å²) in [6.07, 6.45) is -0.283. The largest absolute Gasteiger partial charge is 0.481 e. The van der Waals surface area contributed by atoms with E-state index >= 15 is 0 Å². The van der Waals surface area contributed by atoms with Crippen LogP contribution in [0.1, 0.15) is 32.7 Å². The molecule has 1 aromatic heterocycles. The Bertz CT molecular complexity index is 690. The predicted molar refractivity (Wildman–Crippen MR) is 89.4 cm³/mol. The van der Waals surface area contributed by atoms with Gasteiger partial charge in [0, 0.05) is 0 Å². The maximum atomic E-state index is 10.8. The van der Waals surface area contributed by atoms with Crippen molar-refractivity contribution in [1.29, 1.82) is 0 Å². The molecule has 0 saturated heterocycles. The van der Waals surface area contributed by atoms with Crippen molar-refractivity contribution in [2.24, 2.45) is 0 Å². The highest BCUT2D eigenvalue weighted by Gasteiger charge is 2.22. The van der Waals surface area contributed by atoms with Gasteiger partial charge in [0.1, 0.15) is 6.10 Å². The summed E-state index contributed by atoms with van der Waals surface area (Å²) in [5, 5.41) is 18.2. The molecular weight excluding hydrogens is 338 g/mol. The first-order valence-corrected chi connectivity index (χ1v) is 8.46. The molecule has 2 aromatic rings. The first-order valence-electron chi connectivity index (χ1n) is 7.10. The minimum atomic E-state index is -0.920. The molecular formula is C15H18ClN3O3S. The molecule has 0 aliphatic heterocycles. The van der Waals surface area contributed by atoms with Crippen LogP contribution in [0.25, 0.3) is 5.69 Å². The fourth-order valence-corrected chi connectivity index (χ4v) is 2.99. The van der Waals surface area contributed by atoms with E-state index in [2.05, 4.69) is 10.2 Å². The van der Waals surface area contributed by atoms with Crippen molar-refractivity contribution in [3.63, 3.8) is 0 Å². The van der Waals surface area contributed by atoms with E-state index < -0.39 is 5.97 Å². The minimum Gasteiger partial charge on any atom is -0.481 e. The lowest BCUT2D eigenvalue weighted by atomic mass is 10.3. The van der Waals surface area contributed by atoms with Gasteiger partial charge in [-0.05, 0) is 32.9 Å². The second-order valence-electron chi connectivity index (χ2n) is 5.14. The number of hydrogen-bond donors (Lipinski definition) is 1. The number of hydrogen-bond acceptors (Lipinski definition) is 5. The maximum Gasteiger partial charge on any atom is 0.313 e. The lowest BCUT2D eigenvalue weighted by Gasteiger charge is -2.18. The zero-order valence-electron chi connectivity index (χ0n) is 13.1. The fraction of sp³-hybridized carbons (Fsp3) is 0.400. The maximum absolute atomic E-state index is 10.8. The van der Waals surface area contributed by atoms with Crippen LogP contribution in [0, 0.1) is 0 Å². The van der Waals surface area contributed by atoms with Gasteiger partial charge in [0.25, 0.3) is 0 Å². The summed E-state index contributed by atoms with van der Waals surface area (Å²) < 4.78 is 7.54. The van der Waals surface area contributed by atoms with Gasteiger partial charge < -0.3 is 9.84 Å². The van der Waals surface area contributed by atoms with E-state index in [0.717, 1.165) is 11.8 Å². The predicted octanol–water partition coefficient (Wildman–Crippen LogP) is 3.58. The van der Waals surface area contributed by atoms with Crippen molar-refractivity contribution in [2.45, 2.75) is 38.1 Å². The van der Waals surface area contributed by atoms with Crippen LogP contribution in [0.15, 0.2) is 29.4 Å². The molecule has 23 heavy (non-hydrogen) atoms. The van der Waals surface area contributed by atoms with Crippen LogP contribution in [0.3, 0.4) is 0 Å². The van der Waals surface area contributed by atoms with Gasteiger partial charge in [-0.1, -0.05) is 35.5 Å². The first-order chi connectivity index (χ1) is 10.9. The van der Waals surface area contributed by atoms with E-state index in [0.29, 0.717) is 21.7 Å². The zero-order chi connectivity index (χ0) is 17.0. The summed E-state index contributed by atoms with van der Waals surface area (Å²) in [7, 11) is 0. The highest BCUT2D eigenvalue weighted by atomic mass is 35.5. The van der Waals surface area contributed by atoms with Gasteiger partial charge in [-0.25, -0.2) is 0 Å². The third-order valence-electron chi connectivity index (χ3n) is 2.92. The van der Waals surface area contributed by atoms with E-state index in [1.54, 1.807) is 10.6 Å². The number of aromatic nitrogens is 3. The molecule has 8 heteroatoms. The number of carboxylic acid groups (broad SMARTS) is 1. The Morgan fingerprint density at radius 2 is 2.04 bits per heavy atom. The summed E-state index contributed by atoms with van der Waals surface area (Å²) in [4.78, 5) is 10.8. The average molecular weight is 356 g/mol. The van der Waals surface area contributed by atoms with E-state index in [9.17, 15) is 4.79 Å². The third kappa shape index (κ3) is 4.46. The molecule has 0 spiro atoms. The summed E-state index contributed by atoms with van der Waals surface area (Å²) in [6.45, 7) is 5.75. The summed E-state index contributed by atoms with van der Waals surface area (Å²) >= 11 is 7.38. The Morgan fingerprint density at radius 3 is 2.65 bits per heavy atom. The van der Waals surface area contributed by atoms with Gasteiger partial charge in [-0.15, -0.1) is 10.2 Å². The normalized spacial score (nSPS) is 12.6. The first kappa shape index (κ1) is 17.8. The molecule has 6 nitrogen and oxygen atoms in total. The van der Waals surface area contributed by atoms with Crippen LogP contribution in [0.4, 0.5) is 0 Å². The molecule has 0 unspecified atom stereocenters. The third-order valence-corrected chi connectivity index (χ3v) is 4.15. The molecule has 124 valence electrons. The van der Waals surface area contributed by atoms with Crippen LogP contribution >= 0.6 is 23.4 Å². The Morgan fingerprint density at radius 1 is 1.35 bits per heavy atom. The standard InChI is InChI=1S/C15H18ClN3O3S/c1-9(2)22-10(3)14-17-18-15(23-8-13(20)21)19(14)12-7-5-4-6-11(12)16/h4-7,9-10H,8H2,1-3H3,(H,20,21)/t10-/m1/s1. The number of rotatable bonds is 7. The number of ether oxygens (including phenoxy) is 1. The van der Waals surface area contributed by atoms with Crippen molar-refractivity contribution in [3.8, 4) is 5.69 Å². The summed E-state index contributed by atoms with van der Waals surface area (Å²) in [6, 6.07) is 7.28. The topological polar surface area (TPSA) is 77.2 Å². The number of carbonyl (C=O) groups is 1. The Balaban J connectivity index is 2.47. The lowest BCUT2D eigenvalue weighted by Crippen LogP contribution is -2.13. The molecule has 0 fully saturated rings. The van der Waals surface area contributed by atoms with E-state index in [4.69, 9.17) is 21.4 Å². The summed E-state index contributed by atoms with van der Waals surface area (Å²) in [5.74, 6) is -0.446. The highest BCUT2D eigenvalue weighted by molar-refractivity contribution is 7.99. The van der Waals surface area contributed by atoms with Crippen molar-refractivity contribution in [1.82, 2.24) is 14.8 Å². The van der Waals surface area contributed by atoms with E-state index in [-0.39, 0.29) is 18.0 Å². The molecule has 0 aliphatic carbocycles. The fourth-order valence-electron chi connectivity index (χ4n) is 2.09. The van der Waals surface area contributed by atoms with Gasteiger partial charge in [0.15, 0.2) is 11.0 Å². The van der Waals surface area contributed by atoms with Gasteiger partial charge in [-0.2, -0.15) is 0 Å². The van der Waals surface area contributed by atoms with Crippen LogP contribution in [0.5, 0.6) is 0 Å². The molecule has 0 bridgehead atoms. The monoisotopic (exact) mass is 355 g/mol. The molecule has 1 heterocycles. The number of carboxylic acids is 1. The van der Waals surface area contributed by atoms with Crippen LogP contribution in [-0.2, 0) is 9.53 Å². The second kappa shape index (κ2) is 7.81. The summed E-state index contributed by atoms with van der Waals surface area (Å²) in [5.41, 5.74) is 0.696. The van der Waals surface area contributed by atoms with E-state index in [1.807, 2.05) is 39.0 Å². The van der Waals surface area contributed by atoms with Crippen molar-refractivity contribution >= 4 is 29.3 Å². The molecule has 0 amide bonds. The number of para-hydroxylation sites is 1. The molecule has 0 radical (unpaired) electrons. The second-order valence-corrected chi connectivity index (χ2v) is 6.49. The minimum absolute atomic E-state index is 0.0246. The molecule has 1 aromatic carbocycles. The van der Waals surface area contributed by atoms with E-state index in [1.165, 1.54) is 0 Å². The van der Waals surface area contributed by atoms with Crippen molar-refractivity contribution in [2.75, 3.05) is 5.75 Å². The number of aliphatic carboxylic acids is 1. The van der Waals surface area contributed by atoms with Crippen molar-refractivity contribution < 1.29 is 14.6 Å². The SMILES string of the molecule is CC(C)O[C@H](C)c1nnc(SCC(=O)O)n1-c1ccccc1Cl. The quantitative estimate of drug-likeness (QED) is 0.765. The van der Waals surface area contributed by atoms with Crippen molar-refractivity contribution in [3.05, 3.63) is 35.1 Å². The Hall–Kier alpha value is -1.57. The Kier molecular flexibility index (Phi) is 6.04. The average Bonchev–Trinajstić information content (AvgIpc) is 2.88. The van der Waals surface area contributed by atoms with Crippen LogP contribution in [0.2, 0.25) is 5.02 Å². The number of benzene rings is 1. The van der Waals surface area contributed by atoms with Crippen LogP contribution < -0.4 is 0 Å². The number of thioether (sulfide) groups is 1. The smallest absolute Gasteiger partial charge is 0.313 e. The molecule has 0 saturated carbocycles. The molecule has 0 aliphatic rings. The number of halogens is 1. The lowest BCUT2D eigenvalue weighted by molar-refractivity contribution is -0.133. The zero-order valence-corrected chi connectivity index (χ0v) is 14.6. The van der Waals surface area contributed by atoms with Gasteiger partial charge in [0.2, 0.25) is 0 Å². The Labute approximate surface area is 143 Å². The number of nitrogens with zero attached hydrogens (tertiary/aromatic N) is 3. The highest BCUT2D eigenvalue weighted by Crippen LogP contribution is 2.30. The van der Waals surface area contributed by atoms with Gasteiger partial charge in [-0.3, -0.25) is 9.36 Å². The van der Waals surface area contributed by atoms with Crippen LogP contribution in [-0.4, -0.2) is 37.7 Å². The van der Waals surface area contributed by atoms with Gasteiger partial charge in [0.05, 0.1) is 22.6 Å². The molecule has 1 N–H and O–H groups in total. The van der Waals surface area contributed by atoms with Gasteiger partial charge >= 0.3 is 5.97 Å².